The number of rotatable bonds is 3. The number of hydrogen-bond donors (Lipinski definition) is 4. The lowest BCUT2D eigenvalue weighted by molar-refractivity contribution is 0.187. The summed E-state index contributed by atoms with van der Waals surface area (Å²) in [5.41, 5.74) is 18.3. The zero-order valence-electron chi connectivity index (χ0n) is 19.6. The molecule has 6 N–H and O–H groups in total. The van der Waals surface area contributed by atoms with E-state index in [1.54, 1.807) is 0 Å². The first kappa shape index (κ1) is 20.7. The van der Waals surface area contributed by atoms with Gasteiger partial charge in [-0.15, -0.1) is 0 Å². The highest BCUT2D eigenvalue weighted by Crippen LogP contribution is 2.54. The van der Waals surface area contributed by atoms with E-state index in [0.717, 1.165) is 62.1 Å². The Kier molecular flexibility index (Phi) is 4.25. The molecule has 0 bridgehead atoms. The Bertz CT molecular complexity index is 1510. The predicted molar refractivity (Wildman–Crippen MR) is 136 cm³/mol. The minimum absolute atomic E-state index is 0.0611. The summed E-state index contributed by atoms with van der Waals surface area (Å²) in [7, 11) is 0. The average Bonchev–Trinajstić information content (AvgIpc) is 3.48. The molecule has 178 valence electrons. The molecular formula is C27H29N7O. The van der Waals surface area contributed by atoms with Gasteiger partial charge in [0.1, 0.15) is 5.39 Å². The molecule has 3 aliphatic rings. The summed E-state index contributed by atoms with van der Waals surface area (Å²) in [5.74, 6) is 0.591. The maximum atomic E-state index is 13.3. The number of benzene rings is 2. The van der Waals surface area contributed by atoms with Gasteiger partial charge in [0.25, 0.3) is 5.56 Å². The molecule has 2 fully saturated rings. The van der Waals surface area contributed by atoms with Crippen molar-refractivity contribution in [3.63, 3.8) is 0 Å². The Hall–Kier alpha value is -3.65. The standard InChI is InChI=1S/C27H29N7O/c28-18-6-3-5-17(14-18)27(8-9-27)22-20-23(33-32-22)30-25(31-24(20)35)34-12-10-26(11-13-34)15-16-4-1-2-7-19(16)21(26)29/h1-7,14,21H,8-13,15,28-29H2,(H2,30,31,32,33,35)/t21-/m1/s1. The summed E-state index contributed by atoms with van der Waals surface area (Å²) in [6.45, 7) is 1.61. The van der Waals surface area contributed by atoms with Crippen LogP contribution in [-0.4, -0.2) is 33.3 Å². The van der Waals surface area contributed by atoms with Crippen molar-refractivity contribution in [1.82, 2.24) is 20.2 Å². The van der Waals surface area contributed by atoms with E-state index in [-0.39, 0.29) is 22.4 Å². The van der Waals surface area contributed by atoms with Crippen LogP contribution in [0.1, 0.15) is 54.1 Å². The zero-order valence-corrected chi connectivity index (χ0v) is 19.6. The minimum atomic E-state index is -0.245. The average molecular weight is 468 g/mol. The van der Waals surface area contributed by atoms with Gasteiger partial charge in [-0.2, -0.15) is 10.1 Å². The first-order valence-electron chi connectivity index (χ1n) is 12.4. The Balaban J connectivity index is 1.17. The lowest BCUT2D eigenvalue weighted by atomic mass is 9.73. The summed E-state index contributed by atoms with van der Waals surface area (Å²) in [4.78, 5) is 23.3. The van der Waals surface area contributed by atoms with Crippen molar-refractivity contribution in [3.8, 4) is 0 Å². The molecule has 0 amide bonds. The van der Waals surface area contributed by atoms with Crippen molar-refractivity contribution in [3.05, 3.63) is 81.3 Å². The van der Waals surface area contributed by atoms with Crippen LogP contribution < -0.4 is 21.9 Å². The number of nitrogens with zero attached hydrogens (tertiary/aromatic N) is 3. The number of anilines is 2. The molecule has 1 saturated carbocycles. The third-order valence-corrected chi connectivity index (χ3v) is 8.73. The molecule has 7 rings (SSSR count). The van der Waals surface area contributed by atoms with Crippen LogP contribution in [0.25, 0.3) is 11.0 Å². The highest BCUT2D eigenvalue weighted by molar-refractivity contribution is 5.80. The smallest absolute Gasteiger partial charge is 0.263 e. The fraction of sp³-hybridized carbons (Fsp3) is 0.370. The molecule has 0 radical (unpaired) electrons. The Labute approximate surface area is 202 Å². The van der Waals surface area contributed by atoms with E-state index in [1.807, 2.05) is 18.2 Å². The lowest BCUT2D eigenvalue weighted by Gasteiger charge is -2.42. The second-order valence-corrected chi connectivity index (χ2v) is 10.6. The predicted octanol–water partition coefficient (Wildman–Crippen LogP) is 3.15. The molecule has 2 aliphatic carbocycles. The van der Waals surface area contributed by atoms with Gasteiger partial charge in [-0.1, -0.05) is 36.4 Å². The van der Waals surface area contributed by atoms with Gasteiger partial charge in [0.15, 0.2) is 5.65 Å². The van der Waals surface area contributed by atoms with Crippen molar-refractivity contribution in [2.24, 2.45) is 11.1 Å². The van der Waals surface area contributed by atoms with Gasteiger partial charge < -0.3 is 16.4 Å². The molecule has 1 atom stereocenters. The number of nitrogens with two attached hydrogens (primary N) is 2. The number of nitrogens with one attached hydrogen (secondary N) is 2. The molecule has 35 heavy (non-hydrogen) atoms. The van der Waals surface area contributed by atoms with Crippen molar-refractivity contribution >= 4 is 22.7 Å². The second-order valence-electron chi connectivity index (χ2n) is 10.6. The van der Waals surface area contributed by atoms with Crippen LogP contribution in [0.5, 0.6) is 0 Å². The monoisotopic (exact) mass is 467 g/mol. The maximum absolute atomic E-state index is 13.3. The quantitative estimate of drug-likeness (QED) is 0.343. The lowest BCUT2D eigenvalue weighted by Crippen LogP contribution is -2.45. The number of hydrogen-bond acceptors (Lipinski definition) is 6. The summed E-state index contributed by atoms with van der Waals surface area (Å²) in [6.07, 6.45) is 4.86. The highest BCUT2D eigenvalue weighted by atomic mass is 16.1. The van der Waals surface area contributed by atoms with E-state index < -0.39 is 0 Å². The molecule has 4 aromatic rings. The number of fused-ring (bicyclic) bond motifs is 2. The number of aromatic nitrogens is 4. The number of H-pyrrole nitrogens is 2. The van der Waals surface area contributed by atoms with Crippen LogP contribution in [0.15, 0.2) is 53.3 Å². The van der Waals surface area contributed by atoms with E-state index in [2.05, 4.69) is 50.4 Å². The fourth-order valence-corrected chi connectivity index (χ4v) is 6.53. The van der Waals surface area contributed by atoms with Gasteiger partial charge in [-0.3, -0.25) is 14.9 Å². The van der Waals surface area contributed by atoms with Crippen molar-refractivity contribution in [2.75, 3.05) is 23.7 Å². The fourth-order valence-electron chi connectivity index (χ4n) is 6.53. The van der Waals surface area contributed by atoms with Crippen molar-refractivity contribution in [1.29, 1.82) is 0 Å². The SMILES string of the molecule is Nc1cccc(C2(c3[nH]nc4nc(N5CCC6(CC5)Cc5ccccc5[C@H]6N)[nH]c(=O)c34)CC2)c1. The van der Waals surface area contributed by atoms with Crippen LogP contribution in [0.3, 0.4) is 0 Å². The minimum Gasteiger partial charge on any atom is -0.399 e. The number of nitrogen functional groups attached to an aromatic ring is 1. The van der Waals surface area contributed by atoms with E-state index in [0.29, 0.717) is 17.0 Å². The van der Waals surface area contributed by atoms with E-state index in [1.165, 1.54) is 11.1 Å². The molecular weight excluding hydrogens is 438 g/mol. The van der Waals surface area contributed by atoms with Crippen molar-refractivity contribution in [2.45, 2.75) is 43.6 Å². The normalized spacial score (nSPS) is 22.0. The van der Waals surface area contributed by atoms with Gasteiger partial charge >= 0.3 is 0 Å². The molecule has 8 heteroatoms. The Morgan fingerprint density at radius 3 is 2.57 bits per heavy atom. The summed E-state index contributed by atoms with van der Waals surface area (Å²) in [6, 6.07) is 16.5. The van der Waals surface area contributed by atoms with Crippen LogP contribution in [0, 0.1) is 5.41 Å². The Morgan fingerprint density at radius 1 is 1.03 bits per heavy atom. The molecule has 8 nitrogen and oxygen atoms in total. The molecule has 0 unspecified atom stereocenters. The van der Waals surface area contributed by atoms with Gasteiger partial charge in [0.05, 0.1) is 5.69 Å². The maximum Gasteiger partial charge on any atom is 0.263 e. The van der Waals surface area contributed by atoms with Gasteiger partial charge in [-0.05, 0) is 66.3 Å². The second kappa shape index (κ2) is 7.18. The summed E-state index contributed by atoms with van der Waals surface area (Å²) >= 11 is 0. The third-order valence-electron chi connectivity index (χ3n) is 8.73. The number of aromatic amines is 2. The van der Waals surface area contributed by atoms with Gasteiger partial charge in [0.2, 0.25) is 5.95 Å². The molecule has 1 spiro atoms. The number of piperidine rings is 1. The molecule has 1 aliphatic heterocycles. The van der Waals surface area contributed by atoms with Crippen LogP contribution in [-0.2, 0) is 11.8 Å². The Morgan fingerprint density at radius 2 is 1.83 bits per heavy atom. The van der Waals surface area contributed by atoms with E-state index in [4.69, 9.17) is 16.5 Å². The van der Waals surface area contributed by atoms with E-state index in [9.17, 15) is 4.79 Å². The molecule has 1 saturated heterocycles. The molecule has 2 aromatic carbocycles. The van der Waals surface area contributed by atoms with E-state index >= 15 is 0 Å². The van der Waals surface area contributed by atoms with Gasteiger partial charge in [0, 0.05) is 30.2 Å². The topological polar surface area (TPSA) is 130 Å². The zero-order chi connectivity index (χ0) is 23.8. The van der Waals surface area contributed by atoms with Gasteiger partial charge in [-0.25, -0.2) is 0 Å². The summed E-state index contributed by atoms with van der Waals surface area (Å²) < 4.78 is 0. The molecule has 2 aromatic heterocycles. The highest BCUT2D eigenvalue weighted by Gasteiger charge is 2.49. The first-order chi connectivity index (χ1) is 17.0. The van der Waals surface area contributed by atoms with Crippen LogP contribution in [0.2, 0.25) is 0 Å². The van der Waals surface area contributed by atoms with Crippen molar-refractivity contribution < 1.29 is 0 Å². The molecule has 3 heterocycles. The van der Waals surface area contributed by atoms with Crippen LogP contribution >= 0.6 is 0 Å². The first-order valence-corrected chi connectivity index (χ1v) is 12.4. The van der Waals surface area contributed by atoms with Crippen LogP contribution in [0.4, 0.5) is 11.6 Å². The summed E-state index contributed by atoms with van der Waals surface area (Å²) in [5, 5.41) is 8.17. The third kappa shape index (κ3) is 2.99. The largest absolute Gasteiger partial charge is 0.399 e.